The van der Waals surface area contributed by atoms with Crippen LogP contribution in [0.5, 0.6) is 0 Å². The highest BCUT2D eigenvalue weighted by atomic mass is 16.5. The first-order valence-corrected chi connectivity index (χ1v) is 4.88. The Bertz CT molecular complexity index is 308. The van der Waals surface area contributed by atoms with E-state index in [0.29, 0.717) is 12.3 Å². The lowest BCUT2D eigenvalue weighted by Gasteiger charge is -2.18. The van der Waals surface area contributed by atoms with Crippen LogP contribution in [0.4, 0.5) is 5.88 Å². The highest BCUT2D eigenvalue weighted by Gasteiger charge is 2.22. The van der Waals surface area contributed by atoms with Crippen LogP contribution in [0.25, 0.3) is 0 Å². The maximum atomic E-state index is 11.7. The Labute approximate surface area is 88.7 Å². The zero-order valence-corrected chi connectivity index (χ0v) is 9.17. The molecule has 0 aliphatic rings. The van der Waals surface area contributed by atoms with Crippen molar-refractivity contribution < 1.29 is 14.4 Å². The van der Waals surface area contributed by atoms with Crippen LogP contribution in [0.1, 0.15) is 20.3 Å². The van der Waals surface area contributed by atoms with Gasteiger partial charge >= 0.3 is 0 Å². The molecule has 0 saturated heterocycles. The minimum atomic E-state index is -0.986. The van der Waals surface area contributed by atoms with Crippen LogP contribution < -0.4 is 4.90 Å². The quantitative estimate of drug-likeness (QED) is 0.809. The Morgan fingerprint density at radius 1 is 1.67 bits per heavy atom. The molecule has 1 N–H and O–H groups in total. The van der Waals surface area contributed by atoms with E-state index in [0.717, 1.165) is 0 Å². The summed E-state index contributed by atoms with van der Waals surface area (Å²) in [5.74, 6) is 0.232. The fourth-order valence-electron chi connectivity index (χ4n) is 1.26. The van der Waals surface area contributed by atoms with Gasteiger partial charge in [0.1, 0.15) is 6.10 Å². The Morgan fingerprint density at radius 3 is 2.80 bits per heavy atom. The molecule has 0 fully saturated rings. The lowest BCUT2D eigenvalue weighted by molar-refractivity contribution is -0.127. The molecule has 1 unspecified atom stereocenters. The first-order valence-electron chi connectivity index (χ1n) is 4.88. The molecule has 84 valence electrons. The fraction of sp³-hybridized carbons (Fsp3) is 0.600. The second-order valence-corrected chi connectivity index (χ2v) is 3.89. The van der Waals surface area contributed by atoms with Crippen LogP contribution in [0.15, 0.2) is 16.8 Å². The molecule has 0 aromatic carbocycles. The molecule has 0 bridgehead atoms. The number of hydrogen-bond acceptors (Lipinski definition) is 4. The summed E-state index contributed by atoms with van der Waals surface area (Å²) in [6.45, 7) is 3.90. The number of nitrogens with zero attached hydrogens (tertiary/aromatic N) is 2. The Kier molecular flexibility index (Phi) is 3.85. The number of hydrogen-bond donors (Lipinski definition) is 1. The highest BCUT2D eigenvalue weighted by Crippen LogP contribution is 2.14. The number of aliphatic hydroxyl groups is 1. The second kappa shape index (κ2) is 4.93. The zero-order chi connectivity index (χ0) is 11.4. The van der Waals surface area contributed by atoms with Crippen LogP contribution in [0.3, 0.4) is 0 Å². The molecule has 5 heteroatoms. The maximum Gasteiger partial charge on any atom is 0.257 e. The van der Waals surface area contributed by atoms with Crippen molar-refractivity contribution in [3.05, 3.63) is 12.3 Å². The van der Waals surface area contributed by atoms with E-state index in [4.69, 9.17) is 4.52 Å². The van der Waals surface area contributed by atoms with Gasteiger partial charge in [-0.3, -0.25) is 9.69 Å². The number of likely N-dealkylation sites (N-methyl/N-ethyl adjacent to an activating group) is 1. The predicted molar refractivity (Wildman–Crippen MR) is 55.4 cm³/mol. The minimum absolute atomic E-state index is 0.270. The molecular formula is C10H16N2O3. The second-order valence-electron chi connectivity index (χ2n) is 3.89. The van der Waals surface area contributed by atoms with Gasteiger partial charge < -0.3 is 9.63 Å². The Morgan fingerprint density at radius 2 is 2.33 bits per heavy atom. The molecule has 15 heavy (non-hydrogen) atoms. The standard InChI is InChI=1S/C10H16N2O3/c1-7(2)6-8(13)10(14)12(3)9-4-5-11-15-9/h4-5,7-8,13H,6H2,1-3H3. The summed E-state index contributed by atoms with van der Waals surface area (Å²) in [5, 5.41) is 13.1. The fourth-order valence-corrected chi connectivity index (χ4v) is 1.26. The van der Waals surface area contributed by atoms with E-state index in [1.807, 2.05) is 13.8 Å². The van der Waals surface area contributed by atoms with Crippen molar-refractivity contribution in [2.24, 2.45) is 5.92 Å². The summed E-state index contributed by atoms with van der Waals surface area (Å²) >= 11 is 0. The van der Waals surface area contributed by atoms with Gasteiger partial charge in [0.25, 0.3) is 5.91 Å². The number of amides is 1. The van der Waals surface area contributed by atoms with Gasteiger partial charge in [0.2, 0.25) is 5.88 Å². The third-order valence-corrected chi connectivity index (χ3v) is 2.07. The molecule has 5 nitrogen and oxygen atoms in total. The number of carbonyl (C=O) groups is 1. The summed E-state index contributed by atoms with van der Waals surface area (Å²) in [4.78, 5) is 12.9. The minimum Gasteiger partial charge on any atom is -0.383 e. The predicted octanol–water partition coefficient (Wildman–Crippen LogP) is 1.04. The zero-order valence-electron chi connectivity index (χ0n) is 9.17. The van der Waals surface area contributed by atoms with E-state index in [2.05, 4.69) is 5.16 Å². The first-order chi connectivity index (χ1) is 7.02. The third kappa shape index (κ3) is 3.06. The summed E-state index contributed by atoms with van der Waals surface area (Å²) in [7, 11) is 1.55. The molecule has 0 aliphatic carbocycles. The average molecular weight is 212 g/mol. The number of anilines is 1. The average Bonchev–Trinajstić information content (AvgIpc) is 2.67. The number of aliphatic hydroxyl groups excluding tert-OH is 1. The molecule has 1 rings (SSSR count). The molecule has 0 saturated carbocycles. The van der Waals surface area contributed by atoms with Crippen molar-refractivity contribution >= 4 is 11.8 Å². The largest absolute Gasteiger partial charge is 0.383 e. The first kappa shape index (κ1) is 11.7. The van der Waals surface area contributed by atoms with Crippen LogP contribution in [-0.4, -0.2) is 29.3 Å². The summed E-state index contributed by atoms with van der Waals surface area (Å²) in [5.41, 5.74) is 0. The molecule has 0 radical (unpaired) electrons. The van der Waals surface area contributed by atoms with Gasteiger partial charge in [-0.05, 0) is 12.3 Å². The van der Waals surface area contributed by atoms with E-state index >= 15 is 0 Å². The van der Waals surface area contributed by atoms with Gasteiger partial charge in [0.15, 0.2) is 0 Å². The van der Waals surface area contributed by atoms with Crippen LogP contribution in [0, 0.1) is 5.92 Å². The topological polar surface area (TPSA) is 66.6 Å². The van der Waals surface area contributed by atoms with E-state index in [1.165, 1.54) is 11.1 Å². The van der Waals surface area contributed by atoms with E-state index in [9.17, 15) is 9.90 Å². The van der Waals surface area contributed by atoms with Gasteiger partial charge in [-0.25, -0.2) is 0 Å². The number of carbonyl (C=O) groups excluding carboxylic acids is 1. The smallest absolute Gasteiger partial charge is 0.257 e. The number of rotatable bonds is 4. The Hall–Kier alpha value is -1.36. The normalized spacial score (nSPS) is 12.9. The SMILES string of the molecule is CC(C)CC(O)C(=O)N(C)c1ccno1. The van der Waals surface area contributed by atoms with Crippen molar-refractivity contribution in [1.82, 2.24) is 5.16 Å². The number of aromatic nitrogens is 1. The lowest BCUT2D eigenvalue weighted by Crippen LogP contribution is -2.36. The van der Waals surface area contributed by atoms with E-state index in [1.54, 1.807) is 13.1 Å². The van der Waals surface area contributed by atoms with Crippen LogP contribution in [0.2, 0.25) is 0 Å². The van der Waals surface area contributed by atoms with Crippen molar-refractivity contribution in [3.8, 4) is 0 Å². The monoisotopic (exact) mass is 212 g/mol. The lowest BCUT2D eigenvalue weighted by atomic mass is 10.1. The van der Waals surface area contributed by atoms with Gasteiger partial charge in [-0.1, -0.05) is 19.0 Å². The molecule has 1 aromatic rings. The van der Waals surface area contributed by atoms with Gasteiger partial charge in [-0.15, -0.1) is 0 Å². The summed E-state index contributed by atoms with van der Waals surface area (Å²) < 4.78 is 4.82. The van der Waals surface area contributed by atoms with Crippen LogP contribution >= 0.6 is 0 Å². The van der Waals surface area contributed by atoms with E-state index < -0.39 is 6.10 Å². The maximum absolute atomic E-state index is 11.7. The summed E-state index contributed by atoms with van der Waals surface area (Å²) in [6, 6.07) is 1.57. The Balaban J connectivity index is 2.60. The van der Waals surface area contributed by atoms with E-state index in [-0.39, 0.29) is 11.8 Å². The molecule has 1 amide bonds. The van der Waals surface area contributed by atoms with Crippen molar-refractivity contribution in [2.75, 3.05) is 11.9 Å². The van der Waals surface area contributed by atoms with Crippen molar-refractivity contribution in [2.45, 2.75) is 26.4 Å². The van der Waals surface area contributed by atoms with Crippen molar-refractivity contribution in [1.29, 1.82) is 0 Å². The summed E-state index contributed by atoms with van der Waals surface area (Å²) in [6.07, 6.45) is 0.908. The molecule has 1 atom stereocenters. The molecule has 0 aliphatic heterocycles. The van der Waals surface area contributed by atoms with Crippen LogP contribution in [-0.2, 0) is 4.79 Å². The van der Waals surface area contributed by atoms with Crippen molar-refractivity contribution in [3.63, 3.8) is 0 Å². The van der Waals surface area contributed by atoms with Gasteiger partial charge in [0.05, 0.1) is 6.20 Å². The highest BCUT2D eigenvalue weighted by molar-refractivity contribution is 5.94. The van der Waals surface area contributed by atoms with Gasteiger partial charge in [-0.2, -0.15) is 0 Å². The molecule has 1 heterocycles. The van der Waals surface area contributed by atoms with Gasteiger partial charge in [0, 0.05) is 13.1 Å². The molecule has 1 aromatic heterocycles. The molecule has 0 spiro atoms. The molecular weight excluding hydrogens is 196 g/mol. The third-order valence-electron chi connectivity index (χ3n) is 2.07.